The highest BCUT2D eigenvalue weighted by molar-refractivity contribution is 5.88. The summed E-state index contributed by atoms with van der Waals surface area (Å²) >= 11 is 0. The lowest BCUT2D eigenvalue weighted by Gasteiger charge is -2.04. The fourth-order valence-electron chi connectivity index (χ4n) is 1.97. The molecule has 3 rings (SSSR count). The van der Waals surface area contributed by atoms with Crippen molar-refractivity contribution in [1.29, 1.82) is 0 Å². The average Bonchev–Trinajstić information content (AvgIpc) is 3.06. The van der Waals surface area contributed by atoms with Crippen molar-refractivity contribution in [2.75, 3.05) is 7.11 Å². The molecule has 1 aromatic heterocycles. The number of aromatic nitrogens is 2. The fourth-order valence-corrected chi connectivity index (χ4v) is 1.97. The Hall–Kier alpha value is -3.15. The van der Waals surface area contributed by atoms with Crippen LogP contribution in [0.25, 0.3) is 5.69 Å². The summed E-state index contributed by atoms with van der Waals surface area (Å²) in [7, 11) is 1.56. The molecule has 0 radical (unpaired) electrons. The Balaban J connectivity index is 1.74. The van der Waals surface area contributed by atoms with Crippen LogP contribution in [0.15, 0.2) is 60.8 Å². The Morgan fingerprint density at radius 1 is 1.00 bits per heavy atom. The molecule has 0 unspecified atom stereocenters. The first-order valence-corrected chi connectivity index (χ1v) is 6.83. The van der Waals surface area contributed by atoms with Crippen LogP contribution < -0.4 is 9.47 Å². The van der Waals surface area contributed by atoms with Crippen molar-refractivity contribution < 1.29 is 18.7 Å². The van der Waals surface area contributed by atoms with Gasteiger partial charge < -0.3 is 9.47 Å². The summed E-state index contributed by atoms with van der Waals surface area (Å²) in [6.07, 6.45) is 1.61. The molecule has 23 heavy (non-hydrogen) atoms. The zero-order valence-corrected chi connectivity index (χ0v) is 12.3. The van der Waals surface area contributed by atoms with E-state index in [0.29, 0.717) is 17.2 Å². The maximum absolute atomic E-state index is 12.9. The van der Waals surface area contributed by atoms with E-state index < -0.39 is 5.97 Å². The molecule has 116 valence electrons. The van der Waals surface area contributed by atoms with Gasteiger partial charge in [-0.05, 0) is 54.6 Å². The standard InChI is InChI=1S/C17H13FN2O3/c1-22-14-6-8-15(9-7-14)23-17(21)16-10-11-20(19-16)13-4-2-12(18)3-5-13/h2-11H,1H3. The predicted molar refractivity (Wildman–Crippen MR) is 81.5 cm³/mol. The monoisotopic (exact) mass is 312 g/mol. The maximum Gasteiger partial charge on any atom is 0.364 e. The second-order valence-corrected chi connectivity index (χ2v) is 4.69. The van der Waals surface area contributed by atoms with Crippen LogP contribution in [0.4, 0.5) is 4.39 Å². The highest BCUT2D eigenvalue weighted by atomic mass is 19.1. The molecule has 6 heteroatoms. The van der Waals surface area contributed by atoms with Crippen molar-refractivity contribution in [1.82, 2.24) is 9.78 Å². The van der Waals surface area contributed by atoms with E-state index in [9.17, 15) is 9.18 Å². The maximum atomic E-state index is 12.9. The van der Waals surface area contributed by atoms with Crippen LogP contribution in [0.5, 0.6) is 11.5 Å². The molecule has 0 spiro atoms. The minimum atomic E-state index is -0.573. The van der Waals surface area contributed by atoms with Gasteiger partial charge in [0, 0.05) is 6.20 Å². The van der Waals surface area contributed by atoms with E-state index in [1.54, 1.807) is 49.7 Å². The van der Waals surface area contributed by atoms with Crippen LogP contribution in [-0.2, 0) is 0 Å². The number of rotatable bonds is 4. The second-order valence-electron chi connectivity index (χ2n) is 4.69. The molecule has 0 N–H and O–H groups in total. The van der Waals surface area contributed by atoms with Gasteiger partial charge in [-0.3, -0.25) is 0 Å². The number of hydrogen-bond acceptors (Lipinski definition) is 4. The van der Waals surface area contributed by atoms with E-state index in [-0.39, 0.29) is 11.5 Å². The van der Waals surface area contributed by atoms with Gasteiger partial charge in [0.05, 0.1) is 12.8 Å². The lowest BCUT2D eigenvalue weighted by molar-refractivity contribution is 0.0728. The molecule has 0 aliphatic rings. The van der Waals surface area contributed by atoms with Crippen LogP contribution in [-0.4, -0.2) is 22.9 Å². The van der Waals surface area contributed by atoms with Crippen molar-refractivity contribution in [2.45, 2.75) is 0 Å². The molecule has 5 nitrogen and oxygen atoms in total. The summed E-state index contributed by atoms with van der Waals surface area (Å²) in [4.78, 5) is 12.1. The topological polar surface area (TPSA) is 53.4 Å². The van der Waals surface area contributed by atoms with Gasteiger partial charge in [0.1, 0.15) is 17.3 Å². The van der Waals surface area contributed by atoms with Gasteiger partial charge >= 0.3 is 5.97 Å². The Morgan fingerprint density at radius 3 is 2.30 bits per heavy atom. The molecule has 1 heterocycles. The van der Waals surface area contributed by atoms with Crippen molar-refractivity contribution in [2.24, 2.45) is 0 Å². The van der Waals surface area contributed by atoms with Crippen LogP contribution in [0, 0.1) is 5.82 Å². The number of carbonyl (C=O) groups excluding carboxylic acids is 1. The molecule has 0 amide bonds. The van der Waals surface area contributed by atoms with Gasteiger partial charge in [0.15, 0.2) is 5.69 Å². The van der Waals surface area contributed by atoms with Crippen molar-refractivity contribution in [3.05, 3.63) is 72.3 Å². The summed E-state index contributed by atoms with van der Waals surface area (Å²) in [6, 6.07) is 14.0. The first kappa shape index (κ1) is 14.8. The van der Waals surface area contributed by atoms with E-state index in [1.165, 1.54) is 22.9 Å². The first-order valence-electron chi connectivity index (χ1n) is 6.83. The van der Waals surface area contributed by atoms with Gasteiger partial charge in [-0.15, -0.1) is 0 Å². The molecule has 0 aliphatic heterocycles. The molecule has 0 aliphatic carbocycles. The van der Waals surface area contributed by atoms with Crippen LogP contribution >= 0.6 is 0 Å². The molecule has 2 aromatic carbocycles. The van der Waals surface area contributed by atoms with Crippen molar-refractivity contribution in [3.63, 3.8) is 0 Å². The predicted octanol–water partition coefficient (Wildman–Crippen LogP) is 3.24. The van der Waals surface area contributed by atoms with Crippen molar-refractivity contribution >= 4 is 5.97 Å². The normalized spacial score (nSPS) is 10.3. The molecule has 0 saturated carbocycles. The Bertz CT molecular complexity index is 811. The molecular weight excluding hydrogens is 299 g/mol. The highest BCUT2D eigenvalue weighted by Crippen LogP contribution is 2.18. The van der Waals surface area contributed by atoms with Crippen LogP contribution in [0.1, 0.15) is 10.5 Å². The largest absolute Gasteiger partial charge is 0.497 e. The minimum Gasteiger partial charge on any atom is -0.497 e. The van der Waals surface area contributed by atoms with Gasteiger partial charge in [-0.1, -0.05) is 0 Å². The lowest BCUT2D eigenvalue weighted by Crippen LogP contribution is -2.10. The zero-order chi connectivity index (χ0) is 16.2. The number of hydrogen-bond donors (Lipinski definition) is 0. The van der Waals surface area contributed by atoms with Crippen molar-refractivity contribution in [3.8, 4) is 17.2 Å². The molecule has 0 bridgehead atoms. The number of esters is 1. The van der Waals surface area contributed by atoms with Crippen LogP contribution in [0.2, 0.25) is 0 Å². The lowest BCUT2D eigenvalue weighted by atomic mass is 10.3. The Labute approximate surface area is 131 Å². The first-order chi connectivity index (χ1) is 11.2. The number of ether oxygens (including phenoxy) is 2. The number of halogens is 1. The summed E-state index contributed by atoms with van der Waals surface area (Å²) in [5.41, 5.74) is 0.806. The molecule has 3 aromatic rings. The third-order valence-electron chi connectivity index (χ3n) is 3.16. The highest BCUT2D eigenvalue weighted by Gasteiger charge is 2.13. The summed E-state index contributed by atoms with van der Waals surface area (Å²) in [6.45, 7) is 0. The summed E-state index contributed by atoms with van der Waals surface area (Å²) in [5, 5.41) is 4.13. The molecule has 0 atom stereocenters. The SMILES string of the molecule is COc1ccc(OC(=O)c2ccn(-c3ccc(F)cc3)n2)cc1. The molecular formula is C17H13FN2O3. The van der Waals surface area contributed by atoms with E-state index >= 15 is 0 Å². The number of benzene rings is 2. The van der Waals surface area contributed by atoms with E-state index in [0.717, 1.165) is 0 Å². The van der Waals surface area contributed by atoms with E-state index in [2.05, 4.69) is 5.10 Å². The van der Waals surface area contributed by atoms with Crippen LogP contribution in [0.3, 0.4) is 0 Å². The zero-order valence-electron chi connectivity index (χ0n) is 12.3. The summed E-state index contributed by atoms with van der Waals surface area (Å²) in [5.74, 6) is 0.161. The molecule has 0 fully saturated rings. The number of carbonyl (C=O) groups is 1. The Morgan fingerprint density at radius 2 is 1.65 bits per heavy atom. The third kappa shape index (κ3) is 3.37. The van der Waals surface area contributed by atoms with Gasteiger partial charge in [0.2, 0.25) is 0 Å². The Kier molecular flexibility index (Phi) is 4.05. The molecule has 0 saturated heterocycles. The minimum absolute atomic E-state index is 0.158. The third-order valence-corrected chi connectivity index (χ3v) is 3.16. The van der Waals surface area contributed by atoms with Gasteiger partial charge in [-0.25, -0.2) is 13.9 Å². The van der Waals surface area contributed by atoms with Gasteiger partial charge in [-0.2, -0.15) is 5.10 Å². The quantitative estimate of drug-likeness (QED) is 0.548. The second kappa shape index (κ2) is 6.31. The number of nitrogens with zero attached hydrogens (tertiary/aromatic N) is 2. The number of methoxy groups -OCH3 is 1. The fraction of sp³-hybridized carbons (Fsp3) is 0.0588. The van der Waals surface area contributed by atoms with E-state index in [4.69, 9.17) is 9.47 Å². The van der Waals surface area contributed by atoms with E-state index in [1.807, 2.05) is 0 Å². The smallest absolute Gasteiger partial charge is 0.364 e. The summed E-state index contributed by atoms with van der Waals surface area (Å²) < 4.78 is 24.7. The van der Waals surface area contributed by atoms with Gasteiger partial charge in [0.25, 0.3) is 0 Å². The average molecular weight is 312 g/mol.